The smallest absolute Gasteiger partial charge is 0.293 e. The predicted octanol–water partition coefficient (Wildman–Crippen LogP) is 3.05. The maximum atomic E-state index is 12.1. The van der Waals surface area contributed by atoms with Crippen molar-refractivity contribution in [3.05, 3.63) is 57.1 Å². The largest absolute Gasteiger partial charge is 0.497 e. The zero-order valence-corrected chi connectivity index (χ0v) is 14.6. The van der Waals surface area contributed by atoms with Gasteiger partial charge in [-0.2, -0.15) is 0 Å². The van der Waals surface area contributed by atoms with E-state index in [0.29, 0.717) is 12.0 Å². The Kier molecular flexibility index (Phi) is 5.90. The lowest BCUT2D eigenvalue weighted by atomic mass is 10.1. The number of nitro groups is 1. The minimum Gasteiger partial charge on any atom is -0.497 e. The van der Waals surface area contributed by atoms with E-state index in [2.05, 4.69) is 5.32 Å². The number of ether oxygens (including phenoxy) is 2. The number of nitro benzene ring substituents is 1. The lowest BCUT2D eigenvalue weighted by Crippen LogP contribution is -2.21. The van der Waals surface area contributed by atoms with Gasteiger partial charge in [0.15, 0.2) is 12.9 Å². The molecule has 2 aromatic carbocycles. The summed E-state index contributed by atoms with van der Waals surface area (Å²) in [4.78, 5) is 33.8. The van der Waals surface area contributed by atoms with E-state index in [4.69, 9.17) is 9.47 Å². The van der Waals surface area contributed by atoms with Crippen LogP contribution in [0.2, 0.25) is 0 Å². The first-order valence-corrected chi connectivity index (χ1v) is 7.67. The number of amides is 1. The maximum absolute atomic E-state index is 12.1. The van der Waals surface area contributed by atoms with Gasteiger partial charge in [-0.15, -0.1) is 0 Å². The zero-order chi connectivity index (χ0) is 19.3. The van der Waals surface area contributed by atoms with Crippen LogP contribution >= 0.6 is 0 Å². The Balaban J connectivity index is 2.12. The number of anilines is 1. The van der Waals surface area contributed by atoms with Gasteiger partial charge in [-0.1, -0.05) is 0 Å². The second-order valence-corrected chi connectivity index (χ2v) is 5.57. The van der Waals surface area contributed by atoms with E-state index in [1.165, 1.54) is 31.4 Å². The Labute approximate surface area is 149 Å². The van der Waals surface area contributed by atoms with Crippen LogP contribution in [0.5, 0.6) is 11.5 Å². The summed E-state index contributed by atoms with van der Waals surface area (Å²) < 4.78 is 10.4. The summed E-state index contributed by atoms with van der Waals surface area (Å²) in [7, 11) is 1.47. The summed E-state index contributed by atoms with van der Waals surface area (Å²) in [6.07, 6.45) is 0.587. The first-order valence-electron chi connectivity index (χ1n) is 7.67. The molecule has 0 aliphatic heterocycles. The SMILES string of the molecule is COc1ccc(OCC(=O)Nc2cc(C)c(C)cc2[N+](=O)[O-])c(C=O)c1. The number of carbonyl (C=O) groups excluding carboxylic acids is 2. The minimum atomic E-state index is -0.580. The first-order chi connectivity index (χ1) is 12.3. The van der Waals surface area contributed by atoms with Gasteiger partial charge in [0, 0.05) is 6.07 Å². The summed E-state index contributed by atoms with van der Waals surface area (Å²) in [5.74, 6) is 0.115. The molecule has 0 saturated heterocycles. The van der Waals surface area contributed by atoms with Gasteiger partial charge in [0.25, 0.3) is 11.6 Å². The van der Waals surface area contributed by atoms with Gasteiger partial charge in [-0.25, -0.2) is 0 Å². The number of aryl methyl sites for hydroxylation is 2. The molecule has 0 aromatic heterocycles. The molecule has 0 fully saturated rings. The molecule has 0 spiro atoms. The van der Waals surface area contributed by atoms with Crippen LogP contribution in [0.15, 0.2) is 30.3 Å². The number of carbonyl (C=O) groups is 2. The molecule has 2 rings (SSSR count). The molecule has 0 aliphatic carbocycles. The lowest BCUT2D eigenvalue weighted by Gasteiger charge is -2.11. The Morgan fingerprint density at radius 1 is 1.23 bits per heavy atom. The van der Waals surface area contributed by atoms with E-state index in [1.54, 1.807) is 19.9 Å². The molecular weight excluding hydrogens is 340 g/mol. The van der Waals surface area contributed by atoms with Crippen molar-refractivity contribution in [1.82, 2.24) is 0 Å². The molecule has 0 unspecified atom stereocenters. The van der Waals surface area contributed by atoms with Gasteiger partial charge in [0.1, 0.15) is 17.2 Å². The lowest BCUT2D eigenvalue weighted by molar-refractivity contribution is -0.384. The molecule has 2 aromatic rings. The summed E-state index contributed by atoms with van der Waals surface area (Å²) in [5.41, 5.74) is 1.69. The van der Waals surface area contributed by atoms with E-state index < -0.39 is 17.4 Å². The fraction of sp³-hybridized carbons (Fsp3) is 0.222. The molecule has 8 nitrogen and oxygen atoms in total. The van der Waals surface area contributed by atoms with Crippen molar-refractivity contribution in [3.63, 3.8) is 0 Å². The van der Waals surface area contributed by atoms with Crippen molar-refractivity contribution < 1.29 is 24.0 Å². The van der Waals surface area contributed by atoms with Gasteiger partial charge in [-0.3, -0.25) is 19.7 Å². The molecule has 0 radical (unpaired) electrons. The second kappa shape index (κ2) is 8.11. The van der Waals surface area contributed by atoms with Crippen LogP contribution in [0.25, 0.3) is 0 Å². The Morgan fingerprint density at radius 2 is 1.92 bits per heavy atom. The van der Waals surface area contributed by atoms with E-state index in [-0.39, 0.29) is 22.7 Å². The third-order valence-electron chi connectivity index (χ3n) is 3.79. The average molecular weight is 358 g/mol. The molecule has 1 N–H and O–H groups in total. The molecule has 8 heteroatoms. The highest BCUT2D eigenvalue weighted by atomic mass is 16.6. The fourth-order valence-corrected chi connectivity index (χ4v) is 2.26. The van der Waals surface area contributed by atoms with Crippen LogP contribution in [0, 0.1) is 24.0 Å². The van der Waals surface area contributed by atoms with Crippen molar-refractivity contribution in [3.8, 4) is 11.5 Å². The summed E-state index contributed by atoms with van der Waals surface area (Å²) in [6, 6.07) is 7.52. The number of methoxy groups -OCH3 is 1. The fourth-order valence-electron chi connectivity index (χ4n) is 2.26. The number of aldehydes is 1. The molecule has 0 bridgehead atoms. The van der Waals surface area contributed by atoms with E-state index in [1.807, 2.05) is 0 Å². The third-order valence-corrected chi connectivity index (χ3v) is 3.79. The van der Waals surface area contributed by atoms with E-state index >= 15 is 0 Å². The average Bonchev–Trinajstić information content (AvgIpc) is 2.62. The van der Waals surface area contributed by atoms with Crippen molar-refractivity contribution in [2.24, 2.45) is 0 Å². The number of hydrogen-bond donors (Lipinski definition) is 1. The quantitative estimate of drug-likeness (QED) is 0.463. The first kappa shape index (κ1) is 18.9. The van der Waals surface area contributed by atoms with Gasteiger partial charge in [-0.05, 0) is 49.2 Å². The normalized spacial score (nSPS) is 10.1. The van der Waals surface area contributed by atoms with Crippen molar-refractivity contribution in [2.45, 2.75) is 13.8 Å². The molecule has 0 aliphatic rings. The van der Waals surface area contributed by atoms with Crippen LogP contribution in [-0.2, 0) is 4.79 Å². The molecule has 26 heavy (non-hydrogen) atoms. The van der Waals surface area contributed by atoms with Gasteiger partial charge < -0.3 is 14.8 Å². The highest BCUT2D eigenvalue weighted by molar-refractivity contribution is 5.94. The van der Waals surface area contributed by atoms with Crippen molar-refractivity contribution >= 4 is 23.6 Å². The van der Waals surface area contributed by atoms with E-state index in [9.17, 15) is 19.7 Å². The zero-order valence-electron chi connectivity index (χ0n) is 14.6. The van der Waals surface area contributed by atoms with Crippen LogP contribution in [0.3, 0.4) is 0 Å². The molecular formula is C18H18N2O6. The number of rotatable bonds is 7. The van der Waals surface area contributed by atoms with Crippen LogP contribution in [0.4, 0.5) is 11.4 Å². The molecule has 1 amide bonds. The topological polar surface area (TPSA) is 108 Å². The van der Waals surface area contributed by atoms with Crippen LogP contribution in [0.1, 0.15) is 21.5 Å². The minimum absolute atomic E-state index is 0.0945. The van der Waals surface area contributed by atoms with Crippen molar-refractivity contribution in [2.75, 3.05) is 19.0 Å². The Hall–Kier alpha value is -3.42. The number of benzene rings is 2. The van der Waals surface area contributed by atoms with Crippen LogP contribution < -0.4 is 14.8 Å². The van der Waals surface area contributed by atoms with Gasteiger partial charge >= 0.3 is 0 Å². The van der Waals surface area contributed by atoms with Gasteiger partial charge in [0.2, 0.25) is 0 Å². The van der Waals surface area contributed by atoms with Crippen molar-refractivity contribution in [1.29, 1.82) is 0 Å². The molecule has 0 saturated carbocycles. The highest BCUT2D eigenvalue weighted by Gasteiger charge is 2.18. The van der Waals surface area contributed by atoms with Gasteiger partial charge in [0.05, 0.1) is 17.6 Å². The Morgan fingerprint density at radius 3 is 2.54 bits per heavy atom. The number of hydrogen-bond acceptors (Lipinski definition) is 6. The molecule has 0 heterocycles. The molecule has 0 atom stereocenters. The number of nitrogens with zero attached hydrogens (tertiary/aromatic N) is 1. The second-order valence-electron chi connectivity index (χ2n) is 5.57. The van der Waals surface area contributed by atoms with Crippen LogP contribution in [-0.4, -0.2) is 30.8 Å². The monoisotopic (exact) mass is 358 g/mol. The summed E-state index contributed by atoms with van der Waals surface area (Å²) >= 11 is 0. The highest BCUT2D eigenvalue weighted by Crippen LogP contribution is 2.28. The third kappa shape index (κ3) is 4.35. The standard InChI is InChI=1S/C18H18N2O6/c1-11-6-15(16(20(23)24)7-12(11)2)19-18(22)10-26-17-5-4-14(25-3)8-13(17)9-21/h4-9H,10H2,1-3H3,(H,19,22). The maximum Gasteiger partial charge on any atom is 0.293 e. The summed E-state index contributed by atoms with van der Waals surface area (Å²) in [5, 5.41) is 13.6. The Bertz CT molecular complexity index is 863. The van der Waals surface area contributed by atoms with E-state index in [0.717, 1.165) is 11.1 Å². The number of nitrogens with one attached hydrogen (secondary N) is 1. The predicted molar refractivity (Wildman–Crippen MR) is 95.1 cm³/mol. The summed E-state index contributed by atoms with van der Waals surface area (Å²) in [6.45, 7) is 3.14. The molecule has 136 valence electrons.